The molecule has 2 heteroatoms. The Morgan fingerprint density at radius 1 is 1.71 bits per heavy atom. The van der Waals surface area contributed by atoms with E-state index in [1.54, 1.807) is 0 Å². The van der Waals surface area contributed by atoms with E-state index in [2.05, 4.69) is 19.6 Å². The molecule has 0 aromatic heterocycles. The fourth-order valence-electron chi connectivity index (χ4n) is 0.656. The number of thiol groups is 1. The highest BCUT2D eigenvalue weighted by Crippen LogP contribution is 2.23. The second-order valence-electron chi connectivity index (χ2n) is 2.30. The molecule has 0 aromatic rings. The quantitative estimate of drug-likeness (QED) is 0.468. The summed E-state index contributed by atoms with van der Waals surface area (Å²) in [4.78, 5) is 0. The first-order valence-electron chi connectivity index (χ1n) is 2.51. The molecule has 0 saturated carbocycles. The van der Waals surface area contributed by atoms with Gasteiger partial charge in [-0.3, -0.25) is 0 Å². The molecule has 1 unspecified atom stereocenters. The Balaban J connectivity index is 2.40. The Hall–Kier alpha value is 0.310. The van der Waals surface area contributed by atoms with Crippen LogP contribution in [-0.4, -0.2) is 18.0 Å². The molecule has 0 aliphatic carbocycles. The van der Waals surface area contributed by atoms with Gasteiger partial charge in [-0.05, 0) is 13.3 Å². The van der Waals surface area contributed by atoms with E-state index < -0.39 is 0 Å². The first kappa shape index (κ1) is 5.45. The van der Waals surface area contributed by atoms with Crippen molar-refractivity contribution in [3.63, 3.8) is 0 Å². The third-order valence-electron chi connectivity index (χ3n) is 1.20. The Labute approximate surface area is 49.5 Å². The monoisotopic (exact) mass is 118 g/mol. The minimum atomic E-state index is 0.167. The van der Waals surface area contributed by atoms with Crippen LogP contribution in [-0.2, 0) is 4.74 Å². The summed E-state index contributed by atoms with van der Waals surface area (Å²) in [5, 5.41) is 0. The topological polar surface area (TPSA) is 9.23 Å². The zero-order chi connectivity index (χ0) is 5.33. The molecular weight excluding hydrogens is 108 g/mol. The molecule has 1 atom stereocenters. The Bertz CT molecular complexity index is 62.5. The first-order chi connectivity index (χ1) is 3.21. The molecule has 1 aliphatic heterocycles. The van der Waals surface area contributed by atoms with Gasteiger partial charge in [0.05, 0.1) is 6.61 Å². The molecule has 1 nitrogen and oxygen atoms in total. The molecule has 0 N–H and O–H groups in total. The van der Waals surface area contributed by atoms with Crippen LogP contribution in [0.4, 0.5) is 0 Å². The van der Waals surface area contributed by atoms with E-state index in [0.29, 0.717) is 0 Å². The third kappa shape index (κ3) is 1.35. The fraction of sp³-hybridized carbons (Fsp3) is 1.00. The molecule has 0 radical (unpaired) electrons. The van der Waals surface area contributed by atoms with Crippen molar-refractivity contribution in [2.24, 2.45) is 0 Å². The molecule has 0 spiro atoms. The fourth-order valence-corrected chi connectivity index (χ4v) is 0.839. The maximum atomic E-state index is 5.08. The van der Waals surface area contributed by atoms with E-state index in [0.717, 1.165) is 19.6 Å². The Morgan fingerprint density at radius 3 is 2.57 bits per heavy atom. The molecule has 7 heavy (non-hydrogen) atoms. The molecule has 0 amide bonds. The van der Waals surface area contributed by atoms with Gasteiger partial charge in [-0.25, -0.2) is 0 Å². The highest BCUT2D eigenvalue weighted by Gasteiger charge is 2.24. The van der Waals surface area contributed by atoms with Gasteiger partial charge in [-0.2, -0.15) is 12.6 Å². The molecule has 42 valence electrons. The van der Waals surface area contributed by atoms with Gasteiger partial charge in [-0.15, -0.1) is 0 Å². The van der Waals surface area contributed by atoms with Gasteiger partial charge in [-0.1, -0.05) is 0 Å². The van der Waals surface area contributed by atoms with Crippen molar-refractivity contribution in [3.05, 3.63) is 0 Å². The van der Waals surface area contributed by atoms with E-state index in [1.165, 1.54) is 0 Å². The van der Waals surface area contributed by atoms with Crippen LogP contribution in [0, 0.1) is 0 Å². The third-order valence-corrected chi connectivity index (χ3v) is 1.55. The van der Waals surface area contributed by atoms with Gasteiger partial charge in [0.15, 0.2) is 0 Å². The molecule has 1 aliphatic rings. The van der Waals surface area contributed by atoms with E-state index in [9.17, 15) is 0 Å². The SMILES string of the molecule is CC1(S)CCOC1. The summed E-state index contributed by atoms with van der Waals surface area (Å²) in [7, 11) is 0. The van der Waals surface area contributed by atoms with Gasteiger partial charge < -0.3 is 4.74 Å². The van der Waals surface area contributed by atoms with Gasteiger partial charge >= 0.3 is 0 Å². The van der Waals surface area contributed by atoms with Crippen molar-refractivity contribution in [2.75, 3.05) is 13.2 Å². The van der Waals surface area contributed by atoms with E-state index >= 15 is 0 Å². The minimum Gasteiger partial charge on any atom is -0.380 e. The molecule has 0 aromatic carbocycles. The highest BCUT2D eigenvalue weighted by molar-refractivity contribution is 7.81. The summed E-state index contributed by atoms with van der Waals surface area (Å²) in [6.45, 7) is 3.80. The molecule has 1 heterocycles. The maximum absolute atomic E-state index is 5.08. The minimum absolute atomic E-state index is 0.167. The van der Waals surface area contributed by atoms with Crippen molar-refractivity contribution in [1.29, 1.82) is 0 Å². The number of hydrogen-bond donors (Lipinski definition) is 1. The lowest BCUT2D eigenvalue weighted by atomic mass is 10.1. The largest absolute Gasteiger partial charge is 0.380 e. The van der Waals surface area contributed by atoms with Crippen LogP contribution in [0.15, 0.2) is 0 Å². The average molecular weight is 118 g/mol. The van der Waals surface area contributed by atoms with Crippen molar-refractivity contribution < 1.29 is 4.74 Å². The maximum Gasteiger partial charge on any atom is 0.0608 e. The van der Waals surface area contributed by atoms with Crippen LogP contribution < -0.4 is 0 Å². The standard InChI is InChI=1S/C5H10OS/c1-5(7)2-3-6-4-5/h7H,2-4H2,1H3. The lowest BCUT2D eigenvalue weighted by Crippen LogP contribution is -2.14. The predicted octanol–water partition coefficient (Wildman–Crippen LogP) is 1.10. The predicted molar refractivity (Wildman–Crippen MR) is 32.8 cm³/mol. The normalized spacial score (nSPS) is 42.0. The second-order valence-corrected chi connectivity index (χ2v) is 3.38. The van der Waals surface area contributed by atoms with E-state index in [4.69, 9.17) is 4.74 Å². The summed E-state index contributed by atoms with van der Waals surface area (Å²) < 4.78 is 5.25. The summed E-state index contributed by atoms with van der Waals surface area (Å²) >= 11 is 4.32. The van der Waals surface area contributed by atoms with Gasteiger partial charge in [0, 0.05) is 11.4 Å². The van der Waals surface area contributed by atoms with E-state index in [1.807, 2.05) is 0 Å². The van der Waals surface area contributed by atoms with Crippen LogP contribution in [0.5, 0.6) is 0 Å². The van der Waals surface area contributed by atoms with Crippen molar-refractivity contribution in [1.82, 2.24) is 0 Å². The van der Waals surface area contributed by atoms with Crippen molar-refractivity contribution in [3.8, 4) is 0 Å². The highest BCUT2D eigenvalue weighted by atomic mass is 32.1. The van der Waals surface area contributed by atoms with Gasteiger partial charge in [0.1, 0.15) is 0 Å². The number of hydrogen-bond acceptors (Lipinski definition) is 2. The molecule has 0 bridgehead atoms. The molecule has 1 saturated heterocycles. The molecule has 1 fully saturated rings. The zero-order valence-corrected chi connectivity index (χ0v) is 5.37. The van der Waals surface area contributed by atoms with Crippen molar-refractivity contribution >= 4 is 12.6 Å². The first-order valence-corrected chi connectivity index (χ1v) is 2.96. The number of ether oxygens (including phenoxy) is 1. The Morgan fingerprint density at radius 2 is 2.43 bits per heavy atom. The zero-order valence-electron chi connectivity index (χ0n) is 4.48. The summed E-state index contributed by atoms with van der Waals surface area (Å²) in [6, 6.07) is 0. The van der Waals surface area contributed by atoms with Crippen LogP contribution in [0.25, 0.3) is 0 Å². The number of rotatable bonds is 0. The molecular formula is C5H10OS. The lowest BCUT2D eigenvalue weighted by Gasteiger charge is -2.10. The lowest BCUT2D eigenvalue weighted by molar-refractivity contribution is 0.192. The smallest absolute Gasteiger partial charge is 0.0608 e. The van der Waals surface area contributed by atoms with Gasteiger partial charge in [0.2, 0.25) is 0 Å². The van der Waals surface area contributed by atoms with Crippen LogP contribution in [0.3, 0.4) is 0 Å². The van der Waals surface area contributed by atoms with E-state index in [-0.39, 0.29) is 4.75 Å². The Kier molecular flexibility index (Phi) is 1.30. The average Bonchev–Trinajstić information content (AvgIpc) is 1.84. The van der Waals surface area contributed by atoms with Crippen LogP contribution in [0.1, 0.15) is 13.3 Å². The summed E-state index contributed by atoms with van der Waals surface area (Å²) in [5.74, 6) is 0. The summed E-state index contributed by atoms with van der Waals surface area (Å²) in [6.07, 6.45) is 1.09. The van der Waals surface area contributed by atoms with Crippen LogP contribution in [0.2, 0.25) is 0 Å². The van der Waals surface area contributed by atoms with Gasteiger partial charge in [0.25, 0.3) is 0 Å². The summed E-state index contributed by atoms with van der Waals surface area (Å²) in [5.41, 5.74) is 0. The van der Waals surface area contributed by atoms with Crippen molar-refractivity contribution in [2.45, 2.75) is 18.1 Å². The second kappa shape index (κ2) is 1.67. The van der Waals surface area contributed by atoms with Crippen LogP contribution >= 0.6 is 12.6 Å². The molecule has 1 rings (SSSR count).